The molecule has 0 atom stereocenters. The Hall–Kier alpha value is 0.550. The minimum absolute atomic E-state index is 0.306. The highest BCUT2D eigenvalue weighted by Gasteiger charge is 2.37. The van der Waals surface area contributed by atoms with Crippen molar-refractivity contribution in [3.8, 4) is 0 Å². The smallest absolute Gasteiger partial charge is 0.305 e. The molecule has 1 rings (SSSR count). The molecular weight excluding hydrogens is 497 g/mol. The maximum absolute atomic E-state index is 13.8. The van der Waals surface area contributed by atoms with E-state index >= 15 is 0 Å². The summed E-state index contributed by atoms with van der Waals surface area (Å²) in [6, 6.07) is 0. The zero-order valence-corrected chi connectivity index (χ0v) is 20.9. The van der Waals surface area contributed by atoms with Crippen LogP contribution in [0.2, 0.25) is 0 Å². The summed E-state index contributed by atoms with van der Waals surface area (Å²) in [5, 5.41) is 0. The van der Waals surface area contributed by atoms with Crippen molar-refractivity contribution >= 4 is 71.8 Å². The number of carbonyl (C=O) groups excluding carboxylic acids is 1. The predicted molar refractivity (Wildman–Crippen MR) is 128 cm³/mol. The Morgan fingerprint density at radius 2 is 1.55 bits per heavy atom. The van der Waals surface area contributed by atoms with E-state index in [1.54, 1.807) is 27.2 Å². The third-order valence-electron chi connectivity index (χ3n) is 4.06. The monoisotopic (exact) mass is 522 g/mol. The molecule has 0 amide bonds. The van der Waals surface area contributed by atoms with E-state index in [0.717, 1.165) is 11.3 Å². The summed E-state index contributed by atoms with van der Waals surface area (Å²) in [7, 11) is -3.35. The Bertz CT molecular complexity index is 613. The first kappa shape index (κ1) is 27.6. The summed E-state index contributed by atoms with van der Waals surface area (Å²) >= 11 is 25.3. The number of hydrogen-bond donors (Lipinski definition) is 0. The van der Waals surface area contributed by atoms with Crippen molar-refractivity contribution in [2.24, 2.45) is 0 Å². The van der Waals surface area contributed by atoms with Gasteiger partial charge < -0.3 is 4.52 Å². The average Bonchev–Trinajstić information content (AvgIpc) is 2.73. The van der Waals surface area contributed by atoms with Gasteiger partial charge in [-0.25, -0.2) is 14.1 Å². The highest BCUT2D eigenvalue weighted by atomic mass is 35.5. The van der Waals surface area contributed by atoms with Gasteiger partial charge in [-0.3, -0.25) is 4.57 Å². The van der Waals surface area contributed by atoms with Crippen LogP contribution >= 0.6 is 65.8 Å². The van der Waals surface area contributed by atoms with Crippen molar-refractivity contribution in [1.82, 2.24) is 9.34 Å². The van der Waals surface area contributed by atoms with Crippen LogP contribution in [-0.4, -0.2) is 83.1 Å². The zero-order valence-electron chi connectivity index (χ0n) is 16.2. The van der Waals surface area contributed by atoms with Gasteiger partial charge in [0.25, 0.3) is 0 Å². The fourth-order valence-electron chi connectivity index (χ4n) is 2.63. The van der Waals surface area contributed by atoms with E-state index in [0.29, 0.717) is 74.1 Å². The summed E-state index contributed by atoms with van der Waals surface area (Å²) in [4.78, 5) is 10.6. The topological polar surface area (TPSA) is 49.9 Å². The van der Waals surface area contributed by atoms with Crippen LogP contribution in [0.4, 0.5) is 0 Å². The van der Waals surface area contributed by atoms with Gasteiger partial charge in [0.05, 0.1) is 6.61 Å². The Morgan fingerprint density at radius 3 is 1.97 bits per heavy atom. The summed E-state index contributed by atoms with van der Waals surface area (Å²) in [5.41, 5.74) is 1.80. The van der Waals surface area contributed by atoms with Gasteiger partial charge in [-0.1, -0.05) is 12.2 Å². The highest BCUT2D eigenvalue weighted by Crippen LogP contribution is 2.54. The third kappa shape index (κ3) is 9.70. The normalized spacial score (nSPS) is 14.6. The summed E-state index contributed by atoms with van der Waals surface area (Å²) in [5.74, 6) is 4.61. The van der Waals surface area contributed by atoms with Gasteiger partial charge >= 0.3 is 7.67 Å². The second-order valence-electron chi connectivity index (χ2n) is 5.98. The van der Waals surface area contributed by atoms with Crippen LogP contribution in [0.3, 0.4) is 0 Å². The summed E-state index contributed by atoms with van der Waals surface area (Å²) in [6.45, 7) is 1.88. The van der Waals surface area contributed by atoms with Gasteiger partial charge in [0.15, 0.2) is 0 Å². The number of halogens is 4. The first-order valence-electron chi connectivity index (χ1n) is 9.23. The van der Waals surface area contributed by atoms with Crippen LogP contribution < -0.4 is 0 Å². The van der Waals surface area contributed by atoms with Gasteiger partial charge in [0.1, 0.15) is 5.94 Å². The maximum Gasteiger partial charge on any atom is 0.346 e. The van der Waals surface area contributed by atoms with Crippen molar-refractivity contribution in [3.63, 3.8) is 0 Å². The molecule has 0 saturated carbocycles. The fourth-order valence-corrected chi connectivity index (χ4v) is 7.26. The van der Waals surface area contributed by atoms with Crippen molar-refractivity contribution < 1.29 is 13.9 Å². The Labute approximate surface area is 197 Å². The maximum atomic E-state index is 13.8. The molecule has 0 spiro atoms. The van der Waals surface area contributed by atoms with Crippen LogP contribution in [0.25, 0.3) is 0 Å². The lowest BCUT2D eigenvalue weighted by molar-refractivity contribution is 0.226. The number of nitrogens with zero attached hydrogens (tertiary/aromatic N) is 2. The molecular formula is C18H27Cl4N2O3PS. The van der Waals surface area contributed by atoms with Crippen molar-refractivity contribution in [2.45, 2.75) is 6.42 Å². The van der Waals surface area contributed by atoms with Crippen LogP contribution in [0, 0.1) is 0 Å². The molecule has 0 N–H and O–H groups in total. The van der Waals surface area contributed by atoms with E-state index in [9.17, 15) is 9.36 Å². The largest absolute Gasteiger partial charge is 0.346 e. The molecule has 0 aromatic rings. The lowest BCUT2D eigenvalue weighted by Crippen LogP contribution is -2.37. The first-order chi connectivity index (χ1) is 14.0. The number of rotatable bonds is 16. The van der Waals surface area contributed by atoms with E-state index in [2.05, 4.69) is 0 Å². The van der Waals surface area contributed by atoms with Gasteiger partial charge in [0.2, 0.25) is 0 Å². The molecule has 29 heavy (non-hydrogen) atoms. The molecule has 0 aliphatic heterocycles. The van der Waals surface area contributed by atoms with Crippen molar-refractivity contribution in [2.75, 3.05) is 67.8 Å². The Morgan fingerprint density at radius 1 is 1.00 bits per heavy atom. The zero-order chi connectivity index (χ0) is 21.5. The SMILES string of the molecule is O=C=C1C=CC(CSCCOP(=O)(N(CCCl)CCCl)N(CCCl)CCCl)=CC1. The average molecular weight is 524 g/mol. The predicted octanol–water partition coefficient (Wildman–Crippen LogP) is 5.05. The Kier molecular flexibility index (Phi) is 15.4. The number of alkyl halides is 4. The third-order valence-corrected chi connectivity index (χ3v) is 8.47. The number of allylic oxidation sites excluding steroid dienone is 4. The van der Waals surface area contributed by atoms with Gasteiger partial charge in [0, 0.05) is 73.2 Å². The minimum Gasteiger partial charge on any atom is -0.305 e. The molecule has 5 nitrogen and oxygen atoms in total. The molecule has 0 aromatic carbocycles. The summed E-state index contributed by atoms with van der Waals surface area (Å²) < 4.78 is 23.2. The van der Waals surface area contributed by atoms with E-state index in [-0.39, 0.29) is 0 Å². The molecule has 11 heteroatoms. The van der Waals surface area contributed by atoms with Gasteiger partial charge in [-0.05, 0) is 11.6 Å². The number of hydrogen-bond acceptors (Lipinski definition) is 4. The molecule has 1 aliphatic rings. The van der Waals surface area contributed by atoms with E-state index in [1.807, 2.05) is 18.1 Å². The summed E-state index contributed by atoms with van der Waals surface area (Å²) in [6.07, 6.45) is 6.34. The standard InChI is InChI=1S/C18H27Cl4N2O3PS/c19-5-9-23(10-6-20)28(26,24(11-7-21)12-8-22)27-13-14-29-16-18-3-1-17(15-25)2-4-18/h1,3-4H,2,5-14,16H2. The van der Waals surface area contributed by atoms with Crippen molar-refractivity contribution in [3.05, 3.63) is 29.4 Å². The van der Waals surface area contributed by atoms with E-state index < -0.39 is 7.67 Å². The van der Waals surface area contributed by atoms with Crippen LogP contribution in [0.15, 0.2) is 29.4 Å². The molecule has 166 valence electrons. The van der Waals surface area contributed by atoms with Crippen LogP contribution in [-0.2, 0) is 13.9 Å². The second-order valence-corrected chi connectivity index (χ2v) is 11.0. The molecule has 0 radical (unpaired) electrons. The van der Waals surface area contributed by atoms with Crippen molar-refractivity contribution in [1.29, 1.82) is 0 Å². The Balaban J connectivity index is 2.68. The van der Waals surface area contributed by atoms with Crippen LogP contribution in [0.5, 0.6) is 0 Å². The molecule has 1 aliphatic carbocycles. The number of thioether (sulfide) groups is 1. The molecule has 0 aromatic heterocycles. The molecule has 0 fully saturated rings. The van der Waals surface area contributed by atoms with Crippen LogP contribution in [0.1, 0.15) is 6.42 Å². The molecule has 0 heterocycles. The second kappa shape index (κ2) is 16.2. The van der Waals surface area contributed by atoms with E-state index in [4.69, 9.17) is 50.9 Å². The van der Waals surface area contributed by atoms with Gasteiger partial charge in [-0.15, -0.1) is 46.4 Å². The lowest BCUT2D eigenvalue weighted by Gasteiger charge is -2.37. The lowest BCUT2D eigenvalue weighted by atomic mass is 10.1. The highest BCUT2D eigenvalue weighted by molar-refractivity contribution is 7.99. The first-order valence-corrected chi connectivity index (χ1v) is 14.1. The molecule has 0 saturated heterocycles. The quantitative estimate of drug-likeness (QED) is 0.122. The fraction of sp³-hybridized carbons (Fsp3) is 0.667. The van der Waals surface area contributed by atoms with Gasteiger partial charge in [-0.2, -0.15) is 11.8 Å². The minimum atomic E-state index is -3.35. The van der Waals surface area contributed by atoms with E-state index in [1.165, 1.54) is 0 Å². The molecule has 0 unspecified atom stereocenters. The molecule has 0 bridgehead atoms.